The molecule has 1 unspecified atom stereocenters. The van der Waals surface area contributed by atoms with E-state index in [1.165, 1.54) is 0 Å². The summed E-state index contributed by atoms with van der Waals surface area (Å²) in [6.45, 7) is 0.527. The highest BCUT2D eigenvalue weighted by Gasteiger charge is 2.15. The van der Waals surface area contributed by atoms with E-state index in [-0.39, 0.29) is 6.04 Å². The van der Waals surface area contributed by atoms with Crippen molar-refractivity contribution in [1.82, 2.24) is 0 Å². The first-order valence-corrected chi connectivity index (χ1v) is 2.25. The highest BCUT2D eigenvalue weighted by Crippen LogP contribution is 2.01. The molecule has 3 heteroatoms. The summed E-state index contributed by atoms with van der Waals surface area (Å²) < 4.78 is 4.72. The van der Waals surface area contributed by atoms with Gasteiger partial charge in [-0.25, -0.2) is 0 Å². The molecule has 1 atom stereocenters. The van der Waals surface area contributed by atoms with Gasteiger partial charge in [-0.15, -0.1) is 0 Å². The molecule has 0 amide bonds. The fourth-order valence-corrected chi connectivity index (χ4v) is 0.564. The lowest BCUT2D eigenvalue weighted by Gasteiger charge is -1.89. The van der Waals surface area contributed by atoms with Crippen LogP contribution in [-0.4, -0.2) is 18.5 Å². The van der Waals surface area contributed by atoms with Gasteiger partial charge in [0.05, 0.1) is 0 Å². The highest BCUT2D eigenvalue weighted by atomic mass is 16.5. The molecule has 0 bridgehead atoms. The molecule has 1 aliphatic rings. The van der Waals surface area contributed by atoms with Crippen molar-refractivity contribution in [3.05, 3.63) is 0 Å². The predicted octanol–water partition coefficient (Wildman–Crippen LogP) is -0.289. The van der Waals surface area contributed by atoms with Gasteiger partial charge < -0.3 is 10.5 Å². The summed E-state index contributed by atoms with van der Waals surface area (Å²) in [6.07, 6.45) is 0.611. The molecule has 3 N–H and O–H groups in total. The summed E-state index contributed by atoms with van der Waals surface area (Å²) in [7, 11) is 0. The van der Waals surface area contributed by atoms with E-state index in [0.29, 0.717) is 18.9 Å². The predicted molar refractivity (Wildman–Crippen MR) is 26.3 cm³/mol. The van der Waals surface area contributed by atoms with E-state index < -0.39 is 0 Å². The van der Waals surface area contributed by atoms with Gasteiger partial charge in [0.15, 0.2) is 5.90 Å². The van der Waals surface area contributed by atoms with Gasteiger partial charge in [0.1, 0.15) is 6.61 Å². The summed E-state index contributed by atoms with van der Waals surface area (Å²) >= 11 is 0. The number of hydrogen-bond acceptors (Lipinski definition) is 3. The summed E-state index contributed by atoms with van der Waals surface area (Å²) in [5.41, 5.74) is 5.36. The molecule has 0 aromatic carbocycles. The van der Waals surface area contributed by atoms with Crippen LogP contribution in [0.15, 0.2) is 0 Å². The zero-order chi connectivity index (χ0) is 5.28. The largest absolute Gasteiger partial charge is 0.479 e. The van der Waals surface area contributed by atoms with Crippen LogP contribution in [0.25, 0.3) is 0 Å². The van der Waals surface area contributed by atoms with Gasteiger partial charge in [-0.1, -0.05) is 0 Å². The minimum Gasteiger partial charge on any atom is -0.479 e. The summed E-state index contributed by atoms with van der Waals surface area (Å²) in [4.78, 5) is 0. The molecule has 0 aromatic heterocycles. The lowest BCUT2D eigenvalue weighted by atomic mass is 10.3. The molecule has 40 valence electrons. The fraction of sp³-hybridized carbons (Fsp3) is 0.750. The minimum atomic E-state index is 0.0764. The number of ether oxygens (including phenoxy) is 1. The Kier molecular flexibility index (Phi) is 0.982. The molecule has 0 saturated carbocycles. The van der Waals surface area contributed by atoms with Crippen molar-refractivity contribution in [2.45, 2.75) is 12.5 Å². The van der Waals surface area contributed by atoms with Crippen molar-refractivity contribution in [2.75, 3.05) is 6.61 Å². The molecule has 1 aliphatic heterocycles. The first-order valence-electron chi connectivity index (χ1n) is 2.25. The molecule has 0 spiro atoms. The first-order chi connectivity index (χ1) is 3.29. The third kappa shape index (κ3) is 0.899. The molecule has 1 fully saturated rings. The van der Waals surface area contributed by atoms with Gasteiger partial charge in [-0.2, -0.15) is 0 Å². The second-order valence-electron chi connectivity index (χ2n) is 1.70. The van der Waals surface area contributed by atoms with E-state index in [0.717, 1.165) is 0 Å². The highest BCUT2D eigenvalue weighted by molar-refractivity contribution is 5.75. The molecule has 1 saturated heterocycles. The Morgan fingerprint density at radius 3 is 2.71 bits per heavy atom. The van der Waals surface area contributed by atoms with Crippen LogP contribution in [0.2, 0.25) is 0 Å². The van der Waals surface area contributed by atoms with Crippen molar-refractivity contribution in [3.8, 4) is 0 Å². The minimum absolute atomic E-state index is 0.0764. The maximum Gasteiger partial charge on any atom is 0.182 e. The van der Waals surface area contributed by atoms with E-state index in [1.807, 2.05) is 0 Å². The van der Waals surface area contributed by atoms with Crippen LogP contribution < -0.4 is 5.73 Å². The summed E-state index contributed by atoms with van der Waals surface area (Å²) in [5, 5.41) is 6.88. The van der Waals surface area contributed by atoms with E-state index in [4.69, 9.17) is 15.9 Å². The van der Waals surface area contributed by atoms with Crippen LogP contribution in [0.3, 0.4) is 0 Å². The SMILES string of the molecule is N=C1CC(N)CO1. The Balaban J connectivity index is 2.40. The van der Waals surface area contributed by atoms with Crippen LogP contribution in [-0.2, 0) is 4.74 Å². The lowest BCUT2D eigenvalue weighted by molar-refractivity contribution is 0.326. The number of rotatable bonds is 0. The quantitative estimate of drug-likeness (QED) is 0.439. The summed E-state index contributed by atoms with van der Waals surface area (Å²) in [6, 6.07) is 0.0764. The van der Waals surface area contributed by atoms with Crippen LogP contribution in [0.4, 0.5) is 0 Å². The average Bonchev–Trinajstić information content (AvgIpc) is 1.87. The maximum atomic E-state index is 6.88. The van der Waals surface area contributed by atoms with Crippen molar-refractivity contribution >= 4 is 5.90 Å². The Morgan fingerprint density at radius 2 is 2.57 bits per heavy atom. The topological polar surface area (TPSA) is 59.1 Å². The van der Waals surface area contributed by atoms with Crippen molar-refractivity contribution in [3.63, 3.8) is 0 Å². The lowest BCUT2D eigenvalue weighted by Crippen LogP contribution is -2.18. The number of nitrogens with one attached hydrogen (secondary N) is 1. The second-order valence-corrected chi connectivity index (χ2v) is 1.70. The monoisotopic (exact) mass is 100 g/mol. The Labute approximate surface area is 42.0 Å². The fourth-order valence-electron chi connectivity index (χ4n) is 0.564. The van der Waals surface area contributed by atoms with E-state index in [9.17, 15) is 0 Å². The second kappa shape index (κ2) is 1.50. The first kappa shape index (κ1) is 4.59. The van der Waals surface area contributed by atoms with Gasteiger partial charge in [0.25, 0.3) is 0 Å². The molecule has 3 nitrogen and oxygen atoms in total. The third-order valence-corrected chi connectivity index (χ3v) is 0.919. The molecule has 0 aliphatic carbocycles. The van der Waals surface area contributed by atoms with Crippen LogP contribution in [0.1, 0.15) is 6.42 Å². The molecular weight excluding hydrogens is 92.1 g/mol. The van der Waals surface area contributed by atoms with Gasteiger partial charge >= 0.3 is 0 Å². The van der Waals surface area contributed by atoms with E-state index >= 15 is 0 Å². The molecular formula is C4H8N2O. The number of hydrogen-bond donors (Lipinski definition) is 2. The molecule has 1 heterocycles. The van der Waals surface area contributed by atoms with E-state index in [2.05, 4.69) is 0 Å². The van der Waals surface area contributed by atoms with E-state index in [1.54, 1.807) is 0 Å². The van der Waals surface area contributed by atoms with Crippen molar-refractivity contribution in [2.24, 2.45) is 5.73 Å². The van der Waals surface area contributed by atoms with Crippen molar-refractivity contribution < 1.29 is 4.74 Å². The van der Waals surface area contributed by atoms with Gasteiger partial charge in [-0.3, -0.25) is 5.41 Å². The normalized spacial score (nSPS) is 30.4. The maximum absolute atomic E-state index is 6.88. The smallest absolute Gasteiger partial charge is 0.182 e. The zero-order valence-electron chi connectivity index (χ0n) is 3.98. The molecule has 0 radical (unpaired) electrons. The summed E-state index contributed by atoms with van der Waals surface area (Å²) in [5.74, 6) is 0.326. The zero-order valence-corrected chi connectivity index (χ0v) is 3.98. The molecule has 1 rings (SSSR count). The molecule has 7 heavy (non-hydrogen) atoms. The third-order valence-electron chi connectivity index (χ3n) is 0.919. The Hall–Kier alpha value is -0.570. The molecule has 0 aromatic rings. The number of nitrogens with two attached hydrogens (primary N) is 1. The van der Waals surface area contributed by atoms with Crippen LogP contribution in [0, 0.1) is 5.41 Å². The van der Waals surface area contributed by atoms with Gasteiger partial charge in [-0.05, 0) is 0 Å². The van der Waals surface area contributed by atoms with Gasteiger partial charge in [0, 0.05) is 12.5 Å². The van der Waals surface area contributed by atoms with Crippen LogP contribution in [0.5, 0.6) is 0 Å². The Bertz CT molecular complexity index is 91.7. The standard InChI is InChI=1S/C4H8N2O/c5-3-1-4(6)7-2-3/h3,6H,1-2,5H2. The van der Waals surface area contributed by atoms with Crippen LogP contribution >= 0.6 is 0 Å². The van der Waals surface area contributed by atoms with Crippen molar-refractivity contribution in [1.29, 1.82) is 5.41 Å². The average molecular weight is 100 g/mol. The Morgan fingerprint density at radius 1 is 1.86 bits per heavy atom. The van der Waals surface area contributed by atoms with Gasteiger partial charge in [0.2, 0.25) is 0 Å².